The van der Waals surface area contributed by atoms with Gasteiger partial charge in [-0.15, -0.1) is 0 Å². The number of phenols is 1. The van der Waals surface area contributed by atoms with Crippen molar-refractivity contribution < 1.29 is 18.3 Å². The molecule has 1 N–H and O–H groups in total. The van der Waals surface area contributed by atoms with E-state index in [1.54, 1.807) is 6.92 Å². The second kappa shape index (κ2) is 4.02. The lowest BCUT2D eigenvalue weighted by molar-refractivity contribution is 0.0985. The maximum absolute atomic E-state index is 11.4. The number of aromatic hydroxyl groups is 1. The molecule has 0 saturated heterocycles. The molecule has 0 spiro atoms. The standard InChI is InChI=1S/C10H12O4S/c1-3-9(11)8-6-7(15(2,13)14)4-5-10(8)12/h4-6,12H,3H2,1-2H3. The summed E-state index contributed by atoms with van der Waals surface area (Å²) in [6.45, 7) is 1.65. The molecule has 0 bridgehead atoms. The van der Waals surface area contributed by atoms with Gasteiger partial charge in [0.2, 0.25) is 0 Å². The van der Waals surface area contributed by atoms with Crippen LogP contribution in [0.5, 0.6) is 5.75 Å². The van der Waals surface area contributed by atoms with Crippen LogP contribution < -0.4 is 0 Å². The summed E-state index contributed by atoms with van der Waals surface area (Å²) >= 11 is 0. The number of carbonyl (C=O) groups excluding carboxylic acids is 1. The van der Waals surface area contributed by atoms with Gasteiger partial charge >= 0.3 is 0 Å². The second-order valence-electron chi connectivity index (χ2n) is 3.23. The fourth-order valence-electron chi connectivity index (χ4n) is 1.16. The summed E-state index contributed by atoms with van der Waals surface area (Å²) in [6.07, 6.45) is 1.28. The first-order valence-electron chi connectivity index (χ1n) is 4.42. The molecule has 0 aliphatic carbocycles. The van der Waals surface area contributed by atoms with Gasteiger partial charge in [-0.2, -0.15) is 0 Å². The predicted octanol–water partition coefficient (Wildman–Crippen LogP) is 1.39. The molecule has 1 rings (SSSR count). The highest BCUT2D eigenvalue weighted by Crippen LogP contribution is 2.22. The normalized spacial score (nSPS) is 11.3. The quantitative estimate of drug-likeness (QED) is 0.793. The zero-order valence-electron chi connectivity index (χ0n) is 8.52. The Morgan fingerprint density at radius 2 is 2.00 bits per heavy atom. The molecule has 82 valence electrons. The molecule has 0 saturated carbocycles. The predicted molar refractivity (Wildman–Crippen MR) is 55.8 cm³/mol. The SMILES string of the molecule is CCC(=O)c1cc(S(C)(=O)=O)ccc1O. The molecule has 0 heterocycles. The van der Waals surface area contributed by atoms with Gasteiger partial charge in [-0.05, 0) is 18.2 Å². The smallest absolute Gasteiger partial charge is 0.175 e. The maximum atomic E-state index is 11.4. The first-order valence-corrected chi connectivity index (χ1v) is 6.31. The van der Waals surface area contributed by atoms with Gasteiger partial charge in [0.15, 0.2) is 15.6 Å². The molecule has 1 aromatic rings. The van der Waals surface area contributed by atoms with Crippen LogP contribution >= 0.6 is 0 Å². The topological polar surface area (TPSA) is 71.4 Å². The minimum Gasteiger partial charge on any atom is -0.507 e. The fourth-order valence-corrected chi connectivity index (χ4v) is 1.81. The Labute approximate surface area is 88.5 Å². The number of hydrogen-bond donors (Lipinski definition) is 1. The monoisotopic (exact) mass is 228 g/mol. The van der Waals surface area contributed by atoms with Gasteiger partial charge in [0.05, 0.1) is 10.5 Å². The number of carbonyl (C=O) groups is 1. The maximum Gasteiger partial charge on any atom is 0.175 e. The third-order valence-electron chi connectivity index (χ3n) is 2.02. The van der Waals surface area contributed by atoms with Crippen molar-refractivity contribution in [1.82, 2.24) is 0 Å². The van der Waals surface area contributed by atoms with Gasteiger partial charge < -0.3 is 5.11 Å². The van der Waals surface area contributed by atoms with Crippen LogP contribution in [-0.4, -0.2) is 25.6 Å². The van der Waals surface area contributed by atoms with Crippen molar-refractivity contribution in [3.63, 3.8) is 0 Å². The molecule has 0 radical (unpaired) electrons. The van der Waals surface area contributed by atoms with E-state index in [0.29, 0.717) is 0 Å². The summed E-state index contributed by atoms with van der Waals surface area (Å²) in [5.41, 5.74) is 0.0559. The Balaban J connectivity index is 3.36. The third kappa shape index (κ3) is 2.56. The lowest BCUT2D eigenvalue weighted by Crippen LogP contribution is -2.02. The Hall–Kier alpha value is -1.36. The highest BCUT2D eigenvalue weighted by Gasteiger charge is 2.14. The molecule has 0 amide bonds. The summed E-state index contributed by atoms with van der Waals surface area (Å²) in [6, 6.07) is 3.70. The van der Waals surface area contributed by atoms with Crippen LogP contribution in [0.3, 0.4) is 0 Å². The highest BCUT2D eigenvalue weighted by molar-refractivity contribution is 7.90. The van der Waals surface area contributed by atoms with Crippen molar-refractivity contribution in [2.75, 3.05) is 6.26 Å². The van der Waals surface area contributed by atoms with E-state index in [1.165, 1.54) is 18.2 Å². The third-order valence-corrected chi connectivity index (χ3v) is 3.13. The van der Waals surface area contributed by atoms with Gasteiger partial charge in [-0.3, -0.25) is 4.79 Å². The second-order valence-corrected chi connectivity index (χ2v) is 5.24. The van der Waals surface area contributed by atoms with Crippen molar-refractivity contribution in [1.29, 1.82) is 0 Å². The van der Waals surface area contributed by atoms with Crippen LogP contribution in [0.1, 0.15) is 23.7 Å². The number of hydrogen-bond acceptors (Lipinski definition) is 4. The van der Waals surface area contributed by atoms with E-state index in [2.05, 4.69) is 0 Å². The molecule has 0 aliphatic heterocycles. The molecule has 0 aliphatic rings. The van der Waals surface area contributed by atoms with Gasteiger partial charge in [-0.1, -0.05) is 6.92 Å². The largest absolute Gasteiger partial charge is 0.507 e. The number of Topliss-reactive ketones (excluding diaryl/α,β-unsaturated/α-hetero) is 1. The van der Waals surface area contributed by atoms with E-state index >= 15 is 0 Å². The molecule has 1 aromatic carbocycles. The van der Waals surface area contributed by atoms with Crippen molar-refractivity contribution in [3.8, 4) is 5.75 Å². The van der Waals surface area contributed by atoms with Crippen LogP contribution in [0, 0.1) is 0 Å². The number of phenolic OH excluding ortho intramolecular Hbond substituents is 1. The van der Waals surface area contributed by atoms with E-state index < -0.39 is 9.84 Å². The van der Waals surface area contributed by atoms with Crippen molar-refractivity contribution in [2.45, 2.75) is 18.2 Å². The highest BCUT2D eigenvalue weighted by atomic mass is 32.2. The first kappa shape index (κ1) is 11.7. The molecule has 0 unspecified atom stereocenters. The fraction of sp³-hybridized carbons (Fsp3) is 0.300. The van der Waals surface area contributed by atoms with Crippen LogP contribution in [0.4, 0.5) is 0 Å². The summed E-state index contributed by atoms with van der Waals surface area (Å²) in [5.74, 6) is -0.466. The van der Waals surface area contributed by atoms with E-state index in [9.17, 15) is 18.3 Å². The average Bonchev–Trinajstić information content (AvgIpc) is 2.15. The van der Waals surface area contributed by atoms with Crippen LogP contribution in [0.2, 0.25) is 0 Å². The van der Waals surface area contributed by atoms with Crippen LogP contribution in [0.25, 0.3) is 0 Å². The van der Waals surface area contributed by atoms with Gasteiger partial charge in [-0.25, -0.2) is 8.42 Å². The lowest BCUT2D eigenvalue weighted by Gasteiger charge is -2.04. The number of benzene rings is 1. The minimum atomic E-state index is -3.35. The van der Waals surface area contributed by atoms with Gasteiger partial charge in [0.1, 0.15) is 5.75 Å². The van der Waals surface area contributed by atoms with Gasteiger partial charge in [0.25, 0.3) is 0 Å². The number of ketones is 1. The average molecular weight is 228 g/mol. The van der Waals surface area contributed by atoms with E-state index in [-0.39, 0.29) is 28.4 Å². The molecule has 0 fully saturated rings. The molecule has 15 heavy (non-hydrogen) atoms. The van der Waals surface area contributed by atoms with Crippen molar-refractivity contribution in [3.05, 3.63) is 23.8 Å². The van der Waals surface area contributed by atoms with Crippen LogP contribution in [-0.2, 0) is 9.84 Å². The molecular weight excluding hydrogens is 216 g/mol. The van der Waals surface area contributed by atoms with E-state index in [1.807, 2.05) is 0 Å². The van der Waals surface area contributed by atoms with Crippen molar-refractivity contribution >= 4 is 15.6 Å². The zero-order chi connectivity index (χ0) is 11.6. The zero-order valence-corrected chi connectivity index (χ0v) is 9.34. The number of sulfone groups is 1. The Kier molecular flexibility index (Phi) is 3.14. The number of rotatable bonds is 3. The lowest BCUT2D eigenvalue weighted by atomic mass is 10.1. The summed E-state index contributed by atoms with van der Waals surface area (Å²) in [5, 5.41) is 9.39. The molecule has 5 heteroatoms. The van der Waals surface area contributed by atoms with Crippen molar-refractivity contribution in [2.24, 2.45) is 0 Å². The summed E-state index contributed by atoms with van der Waals surface area (Å²) < 4.78 is 22.4. The molecule has 0 aromatic heterocycles. The van der Waals surface area contributed by atoms with E-state index in [4.69, 9.17) is 0 Å². The molecule has 0 atom stereocenters. The Bertz CT molecular complexity index is 488. The van der Waals surface area contributed by atoms with Crippen LogP contribution in [0.15, 0.2) is 23.1 Å². The first-order chi connectivity index (χ1) is 6.86. The van der Waals surface area contributed by atoms with E-state index in [0.717, 1.165) is 6.26 Å². The Morgan fingerprint density at radius 3 is 2.47 bits per heavy atom. The molecular formula is C10H12O4S. The molecule has 4 nitrogen and oxygen atoms in total. The van der Waals surface area contributed by atoms with Gasteiger partial charge in [0, 0.05) is 12.7 Å². The summed E-state index contributed by atoms with van der Waals surface area (Å²) in [7, 11) is -3.35. The minimum absolute atomic E-state index is 0.0390. The summed E-state index contributed by atoms with van der Waals surface area (Å²) in [4.78, 5) is 11.4. The Morgan fingerprint density at radius 1 is 1.40 bits per heavy atom.